The maximum absolute atomic E-state index is 13.3. The molecule has 0 aliphatic carbocycles. The van der Waals surface area contributed by atoms with Crippen LogP contribution in [0.15, 0.2) is 79.0 Å². The van der Waals surface area contributed by atoms with Gasteiger partial charge in [0.25, 0.3) is 0 Å². The Hall–Kier alpha value is -4.17. The Kier molecular flexibility index (Phi) is 5.97. The Morgan fingerprint density at radius 1 is 1.06 bits per heavy atom. The van der Waals surface area contributed by atoms with E-state index in [0.717, 1.165) is 32.2 Å². The zero-order valence-electron chi connectivity index (χ0n) is 18.4. The average molecular weight is 471 g/mol. The van der Waals surface area contributed by atoms with Gasteiger partial charge < -0.3 is 20.4 Å². The van der Waals surface area contributed by atoms with Crippen LogP contribution in [0.5, 0.6) is 5.75 Å². The van der Waals surface area contributed by atoms with Crippen molar-refractivity contribution in [2.45, 2.75) is 19.4 Å². The number of hydrogen-bond donors (Lipinski definition) is 3. The van der Waals surface area contributed by atoms with Crippen molar-refractivity contribution in [2.75, 3.05) is 5.32 Å². The van der Waals surface area contributed by atoms with Crippen molar-refractivity contribution in [2.24, 2.45) is 0 Å². The lowest BCUT2D eigenvalue weighted by Crippen LogP contribution is -2.46. The van der Waals surface area contributed by atoms with Crippen LogP contribution in [-0.2, 0) is 11.2 Å². The number of ether oxygens (including phenoxy) is 1. The molecule has 8 heteroatoms. The molecule has 2 heterocycles. The number of nitrogens with one attached hydrogen (secondary N) is 3. The van der Waals surface area contributed by atoms with Crippen LogP contribution in [0.4, 0.5) is 9.93 Å². The molecule has 1 atom stereocenters. The number of anilines is 1. The zero-order valence-corrected chi connectivity index (χ0v) is 19.2. The monoisotopic (exact) mass is 470 g/mol. The SMILES string of the molecule is Cc1ccc2nc(NC(=O)C(Cc3c[nH]c4ccccc34)NC(=O)Oc3ccccc3)sc2c1. The van der Waals surface area contributed by atoms with Crippen LogP contribution in [0, 0.1) is 6.92 Å². The van der Waals surface area contributed by atoms with Crippen LogP contribution in [0.2, 0.25) is 0 Å². The standard InChI is InChI=1S/C26H22N4O3S/c1-16-11-12-21-23(13-16)34-25(28-21)30-24(31)22(29-26(32)33-18-7-3-2-4-8-18)14-17-15-27-20-10-6-5-9-19(17)20/h2-13,15,22,27H,14H2,1H3,(H,29,32)(H,28,30,31). The van der Waals surface area contributed by atoms with Crippen LogP contribution in [-0.4, -0.2) is 28.0 Å². The summed E-state index contributed by atoms with van der Waals surface area (Å²) in [7, 11) is 0. The van der Waals surface area contributed by atoms with Crippen molar-refractivity contribution in [1.82, 2.24) is 15.3 Å². The highest BCUT2D eigenvalue weighted by molar-refractivity contribution is 7.22. The fourth-order valence-corrected chi connectivity index (χ4v) is 4.74. The van der Waals surface area contributed by atoms with E-state index in [1.54, 1.807) is 24.3 Å². The number of carbonyl (C=O) groups excluding carboxylic acids is 2. The zero-order chi connectivity index (χ0) is 23.5. The van der Waals surface area contributed by atoms with E-state index in [4.69, 9.17) is 4.74 Å². The third-order valence-corrected chi connectivity index (χ3v) is 6.37. The van der Waals surface area contributed by atoms with Gasteiger partial charge in [0, 0.05) is 23.5 Å². The summed E-state index contributed by atoms with van der Waals surface area (Å²) in [6.45, 7) is 2.01. The predicted octanol–water partition coefficient (Wildman–Crippen LogP) is 5.42. The van der Waals surface area contributed by atoms with E-state index in [1.807, 2.05) is 61.7 Å². The van der Waals surface area contributed by atoms with Gasteiger partial charge >= 0.3 is 6.09 Å². The van der Waals surface area contributed by atoms with Crippen molar-refractivity contribution < 1.29 is 14.3 Å². The number of amides is 2. The first-order valence-corrected chi connectivity index (χ1v) is 11.6. The molecule has 2 amide bonds. The smallest absolute Gasteiger partial charge is 0.410 e. The van der Waals surface area contributed by atoms with E-state index in [2.05, 4.69) is 20.6 Å². The van der Waals surface area contributed by atoms with Gasteiger partial charge in [-0.1, -0.05) is 53.8 Å². The van der Waals surface area contributed by atoms with E-state index in [0.29, 0.717) is 10.9 Å². The van der Waals surface area contributed by atoms with Gasteiger partial charge in [-0.15, -0.1) is 0 Å². The molecule has 0 aliphatic heterocycles. The molecule has 3 aromatic carbocycles. The van der Waals surface area contributed by atoms with Gasteiger partial charge in [-0.2, -0.15) is 0 Å². The minimum Gasteiger partial charge on any atom is -0.410 e. The summed E-state index contributed by atoms with van der Waals surface area (Å²) in [5, 5.41) is 7.06. The van der Waals surface area contributed by atoms with Crippen molar-refractivity contribution in [1.29, 1.82) is 0 Å². The van der Waals surface area contributed by atoms with E-state index >= 15 is 0 Å². The molecular weight excluding hydrogens is 448 g/mol. The van der Waals surface area contributed by atoms with Crippen LogP contribution >= 0.6 is 11.3 Å². The summed E-state index contributed by atoms with van der Waals surface area (Å²) in [6, 6.07) is 21.6. The van der Waals surface area contributed by atoms with Crippen molar-refractivity contribution in [3.63, 3.8) is 0 Å². The number of aromatic nitrogens is 2. The van der Waals surface area contributed by atoms with Crippen molar-refractivity contribution >= 4 is 49.6 Å². The summed E-state index contributed by atoms with van der Waals surface area (Å²) in [5.41, 5.74) is 3.81. The van der Waals surface area contributed by atoms with E-state index in [1.165, 1.54) is 11.3 Å². The molecule has 1 unspecified atom stereocenters. The number of benzene rings is 3. The third-order valence-electron chi connectivity index (χ3n) is 5.44. The Morgan fingerprint density at radius 3 is 2.71 bits per heavy atom. The van der Waals surface area contributed by atoms with Gasteiger partial charge in [0.05, 0.1) is 10.2 Å². The van der Waals surface area contributed by atoms with Gasteiger partial charge in [0.2, 0.25) is 5.91 Å². The molecule has 34 heavy (non-hydrogen) atoms. The highest BCUT2D eigenvalue weighted by Gasteiger charge is 2.24. The van der Waals surface area contributed by atoms with Crippen molar-refractivity contribution in [3.05, 3.63) is 90.1 Å². The van der Waals surface area contributed by atoms with Gasteiger partial charge in [-0.25, -0.2) is 9.78 Å². The van der Waals surface area contributed by atoms with Crippen molar-refractivity contribution in [3.8, 4) is 5.75 Å². The second kappa shape index (κ2) is 9.36. The van der Waals surface area contributed by atoms with Crippen LogP contribution < -0.4 is 15.4 Å². The molecule has 0 fully saturated rings. The largest absolute Gasteiger partial charge is 0.413 e. The molecule has 5 aromatic rings. The molecule has 0 bridgehead atoms. The summed E-state index contributed by atoms with van der Waals surface area (Å²) < 4.78 is 6.35. The lowest BCUT2D eigenvalue weighted by Gasteiger charge is -2.17. The number of nitrogens with zero attached hydrogens (tertiary/aromatic N) is 1. The fraction of sp³-hybridized carbons (Fsp3) is 0.115. The number of para-hydroxylation sites is 2. The molecule has 0 spiro atoms. The maximum atomic E-state index is 13.3. The number of carbonyl (C=O) groups is 2. The number of thiazole rings is 1. The molecule has 2 aromatic heterocycles. The number of H-pyrrole nitrogens is 1. The number of rotatable bonds is 6. The Bertz CT molecular complexity index is 1480. The quantitative estimate of drug-likeness (QED) is 0.309. The first-order valence-electron chi connectivity index (χ1n) is 10.8. The molecule has 5 rings (SSSR count). The second-order valence-electron chi connectivity index (χ2n) is 7.94. The number of hydrogen-bond acceptors (Lipinski definition) is 5. The lowest BCUT2D eigenvalue weighted by molar-refractivity contribution is -0.118. The molecular formula is C26H22N4O3S. The maximum Gasteiger partial charge on any atom is 0.413 e. The average Bonchev–Trinajstić information content (AvgIpc) is 3.42. The van der Waals surface area contributed by atoms with E-state index in [9.17, 15) is 9.59 Å². The summed E-state index contributed by atoms with van der Waals surface area (Å²) in [5.74, 6) is 0.0267. The number of fused-ring (bicyclic) bond motifs is 2. The summed E-state index contributed by atoms with van der Waals surface area (Å²) >= 11 is 1.40. The number of aryl methyl sites for hydroxylation is 1. The van der Waals surface area contributed by atoms with Crippen LogP contribution in [0.1, 0.15) is 11.1 Å². The lowest BCUT2D eigenvalue weighted by atomic mass is 10.0. The third kappa shape index (κ3) is 4.77. The molecule has 3 N–H and O–H groups in total. The van der Waals surface area contributed by atoms with Gasteiger partial charge in [0.1, 0.15) is 11.8 Å². The summed E-state index contributed by atoms with van der Waals surface area (Å²) in [4.78, 5) is 33.6. The highest BCUT2D eigenvalue weighted by Crippen LogP contribution is 2.27. The molecule has 170 valence electrons. The highest BCUT2D eigenvalue weighted by atomic mass is 32.1. The minimum absolute atomic E-state index is 0.281. The first-order chi connectivity index (χ1) is 16.5. The van der Waals surface area contributed by atoms with Crippen LogP contribution in [0.3, 0.4) is 0 Å². The number of aromatic amines is 1. The topological polar surface area (TPSA) is 96.1 Å². The Morgan fingerprint density at radius 2 is 1.85 bits per heavy atom. The predicted molar refractivity (Wildman–Crippen MR) is 134 cm³/mol. The molecule has 0 aliphatic rings. The minimum atomic E-state index is -0.871. The first kappa shape index (κ1) is 21.7. The van der Waals surface area contributed by atoms with Gasteiger partial charge in [-0.3, -0.25) is 4.79 Å². The second-order valence-corrected chi connectivity index (χ2v) is 8.97. The normalized spacial score (nSPS) is 11.9. The fourth-order valence-electron chi connectivity index (χ4n) is 3.77. The molecule has 0 saturated carbocycles. The summed E-state index contributed by atoms with van der Waals surface area (Å²) in [6.07, 6.45) is 1.44. The molecule has 0 radical (unpaired) electrons. The Labute approximate surface area is 199 Å². The van der Waals surface area contributed by atoms with E-state index < -0.39 is 12.1 Å². The molecule has 7 nitrogen and oxygen atoms in total. The van der Waals surface area contributed by atoms with E-state index in [-0.39, 0.29) is 12.3 Å². The Balaban J connectivity index is 1.38. The van der Waals surface area contributed by atoms with Crippen LogP contribution in [0.25, 0.3) is 21.1 Å². The molecule has 0 saturated heterocycles. The van der Waals surface area contributed by atoms with Gasteiger partial charge in [-0.05, 0) is 48.4 Å². The van der Waals surface area contributed by atoms with Gasteiger partial charge in [0.15, 0.2) is 5.13 Å².